The van der Waals surface area contributed by atoms with E-state index in [0.717, 1.165) is 19.5 Å². The highest BCUT2D eigenvalue weighted by Crippen LogP contribution is 2.30. The molecule has 0 aliphatic carbocycles. The first-order valence-corrected chi connectivity index (χ1v) is 7.82. The van der Waals surface area contributed by atoms with Gasteiger partial charge in [-0.1, -0.05) is 12.1 Å². The van der Waals surface area contributed by atoms with Crippen molar-refractivity contribution in [3.05, 3.63) is 29.3 Å². The van der Waals surface area contributed by atoms with Crippen LogP contribution < -0.4 is 5.73 Å². The summed E-state index contributed by atoms with van der Waals surface area (Å²) in [5.41, 5.74) is 8.78. The number of hydrogen-bond acceptors (Lipinski definition) is 3. The fourth-order valence-electron chi connectivity index (χ4n) is 2.33. The average Bonchev–Trinajstić information content (AvgIpc) is 2.36. The summed E-state index contributed by atoms with van der Waals surface area (Å²) >= 11 is 2.00. The standard InChI is InChI=1S/C15H24N2S/c1-12(16)7-8-17(2)11-13-5-6-15-14(10-13)4-3-9-18-15/h5-6,10,12H,3-4,7-9,11,16H2,1-2H3. The first-order valence-electron chi connectivity index (χ1n) is 6.84. The molecule has 100 valence electrons. The molecule has 1 unspecified atom stereocenters. The van der Waals surface area contributed by atoms with Crippen molar-refractivity contribution in [1.82, 2.24) is 4.90 Å². The van der Waals surface area contributed by atoms with Crippen LogP contribution in [0.4, 0.5) is 0 Å². The minimum atomic E-state index is 0.299. The molecule has 1 aromatic rings. The fraction of sp³-hybridized carbons (Fsp3) is 0.600. The molecule has 1 aliphatic rings. The quantitative estimate of drug-likeness (QED) is 0.886. The number of rotatable bonds is 5. The molecule has 0 radical (unpaired) electrons. The zero-order valence-electron chi connectivity index (χ0n) is 11.5. The Balaban J connectivity index is 1.93. The maximum atomic E-state index is 5.80. The van der Waals surface area contributed by atoms with E-state index in [-0.39, 0.29) is 0 Å². The van der Waals surface area contributed by atoms with Crippen LogP contribution in [0.3, 0.4) is 0 Å². The Bertz CT molecular complexity index is 390. The normalized spacial score (nSPS) is 16.7. The van der Waals surface area contributed by atoms with Gasteiger partial charge in [-0.3, -0.25) is 0 Å². The van der Waals surface area contributed by atoms with Gasteiger partial charge in [0.25, 0.3) is 0 Å². The lowest BCUT2D eigenvalue weighted by atomic mass is 10.1. The van der Waals surface area contributed by atoms with Crippen LogP contribution in [-0.4, -0.2) is 30.3 Å². The number of thioether (sulfide) groups is 1. The van der Waals surface area contributed by atoms with Gasteiger partial charge in [0.15, 0.2) is 0 Å². The molecule has 2 rings (SSSR count). The van der Waals surface area contributed by atoms with Crippen LogP contribution in [-0.2, 0) is 13.0 Å². The summed E-state index contributed by atoms with van der Waals surface area (Å²) in [7, 11) is 2.18. The molecule has 0 saturated heterocycles. The van der Waals surface area contributed by atoms with Crippen molar-refractivity contribution in [2.45, 2.75) is 43.7 Å². The molecular weight excluding hydrogens is 240 g/mol. The van der Waals surface area contributed by atoms with E-state index < -0.39 is 0 Å². The number of fused-ring (bicyclic) bond motifs is 1. The van der Waals surface area contributed by atoms with Crippen LogP contribution in [0.15, 0.2) is 23.1 Å². The van der Waals surface area contributed by atoms with E-state index in [0.29, 0.717) is 6.04 Å². The van der Waals surface area contributed by atoms with Gasteiger partial charge in [-0.05, 0) is 62.7 Å². The molecule has 0 saturated carbocycles. The maximum Gasteiger partial charge on any atom is 0.0230 e. The predicted molar refractivity (Wildman–Crippen MR) is 80.1 cm³/mol. The van der Waals surface area contributed by atoms with Gasteiger partial charge in [-0.2, -0.15) is 0 Å². The van der Waals surface area contributed by atoms with Crippen molar-refractivity contribution in [2.24, 2.45) is 5.73 Å². The zero-order valence-corrected chi connectivity index (χ0v) is 12.3. The second-order valence-corrected chi connectivity index (χ2v) is 6.53. The van der Waals surface area contributed by atoms with E-state index in [2.05, 4.69) is 37.1 Å². The zero-order chi connectivity index (χ0) is 13.0. The van der Waals surface area contributed by atoms with Crippen molar-refractivity contribution in [1.29, 1.82) is 0 Å². The third kappa shape index (κ3) is 4.01. The number of aryl methyl sites for hydroxylation is 1. The van der Waals surface area contributed by atoms with Gasteiger partial charge in [0, 0.05) is 17.5 Å². The average molecular weight is 264 g/mol. The summed E-state index contributed by atoms with van der Waals surface area (Å²) in [6.07, 6.45) is 3.64. The number of nitrogens with zero attached hydrogens (tertiary/aromatic N) is 1. The van der Waals surface area contributed by atoms with Crippen molar-refractivity contribution < 1.29 is 0 Å². The van der Waals surface area contributed by atoms with Gasteiger partial charge in [0.2, 0.25) is 0 Å². The SMILES string of the molecule is CC(N)CCN(C)Cc1ccc2c(c1)CCCS2. The van der Waals surface area contributed by atoms with Gasteiger partial charge in [0.1, 0.15) is 0 Å². The maximum absolute atomic E-state index is 5.80. The summed E-state index contributed by atoms with van der Waals surface area (Å²) in [5.74, 6) is 1.28. The van der Waals surface area contributed by atoms with Gasteiger partial charge in [-0.25, -0.2) is 0 Å². The Morgan fingerprint density at radius 3 is 3.06 bits per heavy atom. The Morgan fingerprint density at radius 1 is 1.44 bits per heavy atom. The second-order valence-electron chi connectivity index (χ2n) is 5.40. The summed E-state index contributed by atoms with van der Waals surface area (Å²) < 4.78 is 0. The van der Waals surface area contributed by atoms with Crippen molar-refractivity contribution in [3.8, 4) is 0 Å². The second kappa shape index (κ2) is 6.60. The van der Waals surface area contributed by atoms with Crippen LogP contribution in [0.1, 0.15) is 30.9 Å². The largest absolute Gasteiger partial charge is 0.328 e. The smallest absolute Gasteiger partial charge is 0.0230 e. The summed E-state index contributed by atoms with van der Waals surface area (Å²) in [5, 5.41) is 0. The first-order chi connectivity index (χ1) is 8.65. The third-order valence-corrected chi connectivity index (χ3v) is 4.59. The third-order valence-electron chi connectivity index (χ3n) is 3.39. The van der Waals surface area contributed by atoms with E-state index in [1.54, 1.807) is 5.56 Å². The molecule has 18 heavy (non-hydrogen) atoms. The summed E-state index contributed by atoms with van der Waals surface area (Å²) in [4.78, 5) is 3.85. The monoisotopic (exact) mass is 264 g/mol. The number of benzene rings is 1. The molecule has 0 amide bonds. The fourth-order valence-corrected chi connectivity index (χ4v) is 3.35. The molecule has 0 aromatic heterocycles. The van der Waals surface area contributed by atoms with Crippen LogP contribution in [0, 0.1) is 0 Å². The molecule has 0 bridgehead atoms. The molecule has 0 spiro atoms. The highest BCUT2D eigenvalue weighted by Gasteiger charge is 2.10. The number of nitrogens with two attached hydrogens (primary N) is 1. The van der Waals surface area contributed by atoms with Gasteiger partial charge >= 0.3 is 0 Å². The summed E-state index contributed by atoms with van der Waals surface area (Å²) in [6.45, 7) is 4.18. The van der Waals surface area contributed by atoms with Gasteiger partial charge < -0.3 is 10.6 Å². The topological polar surface area (TPSA) is 29.3 Å². The van der Waals surface area contributed by atoms with Crippen LogP contribution in [0.2, 0.25) is 0 Å². The molecule has 1 heterocycles. The minimum Gasteiger partial charge on any atom is -0.328 e. The number of hydrogen-bond donors (Lipinski definition) is 1. The molecular formula is C15H24N2S. The van der Waals surface area contributed by atoms with Gasteiger partial charge in [-0.15, -0.1) is 11.8 Å². The Hall–Kier alpha value is -0.510. The Labute approximate surface area is 115 Å². The minimum absolute atomic E-state index is 0.299. The highest BCUT2D eigenvalue weighted by atomic mass is 32.2. The summed E-state index contributed by atoms with van der Waals surface area (Å²) in [6, 6.07) is 7.27. The van der Waals surface area contributed by atoms with E-state index >= 15 is 0 Å². The molecule has 3 heteroatoms. The predicted octanol–water partition coefficient (Wildman–Crippen LogP) is 2.89. The van der Waals surface area contributed by atoms with E-state index in [4.69, 9.17) is 5.73 Å². The van der Waals surface area contributed by atoms with Gasteiger partial charge in [0.05, 0.1) is 0 Å². The lowest BCUT2D eigenvalue weighted by Gasteiger charge is -2.20. The van der Waals surface area contributed by atoms with E-state index in [1.165, 1.54) is 29.1 Å². The molecule has 1 aliphatic heterocycles. The van der Waals surface area contributed by atoms with Crippen molar-refractivity contribution >= 4 is 11.8 Å². The molecule has 1 aromatic carbocycles. The molecule has 0 fully saturated rings. The highest BCUT2D eigenvalue weighted by molar-refractivity contribution is 7.99. The lowest BCUT2D eigenvalue weighted by Crippen LogP contribution is -2.25. The van der Waals surface area contributed by atoms with Crippen LogP contribution in [0.5, 0.6) is 0 Å². The Kier molecular flexibility index (Phi) is 5.10. The van der Waals surface area contributed by atoms with Crippen LogP contribution >= 0.6 is 11.8 Å². The van der Waals surface area contributed by atoms with Crippen molar-refractivity contribution in [3.63, 3.8) is 0 Å². The van der Waals surface area contributed by atoms with E-state index in [9.17, 15) is 0 Å². The van der Waals surface area contributed by atoms with Crippen LogP contribution in [0.25, 0.3) is 0 Å². The lowest BCUT2D eigenvalue weighted by molar-refractivity contribution is 0.313. The first kappa shape index (κ1) is 13.9. The van der Waals surface area contributed by atoms with Crippen molar-refractivity contribution in [2.75, 3.05) is 19.3 Å². The molecule has 2 nitrogen and oxygen atoms in total. The molecule has 2 N–H and O–H groups in total. The van der Waals surface area contributed by atoms with E-state index in [1.807, 2.05) is 11.8 Å². The molecule has 1 atom stereocenters. The Morgan fingerprint density at radius 2 is 2.28 bits per heavy atom.